The quantitative estimate of drug-likeness (QED) is 0.879. The van der Waals surface area contributed by atoms with E-state index in [-0.39, 0.29) is 36.8 Å². The Labute approximate surface area is 138 Å². The van der Waals surface area contributed by atoms with Gasteiger partial charge in [-0.2, -0.15) is 0 Å². The van der Waals surface area contributed by atoms with Crippen LogP contribution < -0.4 is 11.1 Å². The highest BCUT2D eigenvalue weighted by Crippen LogP contribution is 2.40. The van der Waals surface area contributed by atoms with E-state index in [0.717, 1.165) is 19.4 Å². The van der Waals surface area contributed by atoms with Gasteiger partial charge in [-0.3, -0.25) is 4.79 Å². The molecule has 1 saturated carbocycles. The number of hydrogen-bond acceptors (Lipinski definition) is 3. The molecule has 3 N–H and O–H groups in total. The fourth-order valence-corrected chi connectivity index (χ4v) is 2.83. The number of amides is 1. The zero-order valence-electron chi connectivity index (χ0n) is 11.9. The Hall–Kier alpha value is -0.810. The third-order valence-corrected chi connectivity index (χ3v) is 4.11. The molecule has 3 rings (SSSR count). The number of hydrogen-bond donors (Lipinski definition) is 2. The topological polar surface area (TPSA) is 58.4 Å². The number of nitrogens with two attached hydrogens (primary N) is 1. The summed E-state index contributed by atoms with van der Waals surface area (Å²) in [7, 11) is 0. The van der Waals surface area contributed by atoms with Gasteiger partial charge in [0.15, 0.2) is 0 Å². The summed E-state index contributed by atoms with van der Waals surface area (Å²) >= 11 is 0. The minimum Gasteiger partial charge on any atom is -0.340 e. The van der Waals surface area contributed by atoms with E-state index in [9.17, 15) is 4.79 Å². The van der Waals surface area contributed by atoms with E-state index in [1.54, 1.807) is 0 Å². The maximum atomic E-state index is 12.0. The van der Waals surface area contributed by atoms with Gasteiger partial charge < -0.3 is 16.0 Å². The molecule has 0 aromatic heterocycles. The molecule has 1 saturated heterocycles. The van der Waals surface area contributed by atoms with Crippen molar-refractivity contribution in [1.82, 2.24) is 10.2 Å². The summed E-state index contributed by atoms with van der Waals surface area (Å²) in [5, 5.41) is 3.36. The van der Waals surface area contributed by atoms with Crippen molar-refractivity contribution in [3.8, 4) is 0 Å². The number of likely N-dealkylation sites (tertiary alicyclic amines) is 1. The number of nitrogens with zero attached hydrogens (tertiary/aromatic N) is 1. The van der Waals surface area contributed by atoms with Gasteiger partial charge in [-0.15, -0.1) is 24.8 Å². The van der Waals surface area contributed by atoms with Crippen LogP contribution in [-0.4, -0.2) is 42.5 Å². The van der Waals surface area contributed by atoms with Gasteiger partial charge in [0.05, 0.1) is 6.54 Å². The Morgan fingerprint density at radius 3 is 2.62 bits per heavy atom. The normalized spacial score (nSPS) is 26.7. The highest BCUT2D eigenvalue weighted by molar-refractivity contribution is 5.85. The molecule has 1 heterocycles. The lowest BCUT2D eigenvalue weighted by atomic mass is 10.1. The van der Waals surface area contributed by atoms with Gasteiger partial charge in [0.1, 0.15) is 0 Å². The van der Waals surface area contributed by atoms with Crippen LogP contribution in [0.1, 0.15) is 24.3 Å². The molecule has 0 radical (unpaired) electrons. The second kappa shape index (κ2) is 7.99. The van der Waals surface area contributed by atoms with Crippen LogP contribution in [0.25, 0.3) is 0 Å². The van der Waals surface area contributed by atoms with E-state index in [1.807, 2.05) is 11.0 Å². The van der Waals surface area contributed by atoms with Crippen LogP contribution in [-0.2, 0) is 4.79 Å². The summed E-state index contributed by atoms with van der Waals surface area (Å²) < 4.78 is 0. The molecular formula is C15H23Cl2N3O. The molecule has 0 spiro atoms. The minimum absolute atomic E-state index is 0. The predicted molar refractivity (Wildman–Crippen MR) is 89.3 cm³/mol. The molecule has 4 nitrogen and oxygen atoms in total. The second-order valence-corrected chi connectivity index (χ2v) is 5.63. The monoisotopic (exact) mass is 331 g/mol. The standard InChI is InChI=1S/C15H21N3O.2ClH/c16-12-6-7-18(10-12)15(19)9-17-14-8-13(14)11-4-2-1-3-5-11;;/h1-5,12-14,17H,6-10,16H2;2*1H/t12-,13-,14+;;/m0../s1. The van der Waals surface area contributed by atoms with Crippen molar-refractivity contribution in [1.29, 1.82) is 0 Å². The first kappa shape index (κ1) is 18.2. The Morgan fingerprint density at radius 1 is 1.29 bits per heavy atom. The average molecular weight is 332 g/mol. The van der Waals surface area contributed by atoms with E-state index in [0.29, 0.717) is 25.0 Å². The van der Waals surface area contributed by atoms with Crippen molar-refractivity contribution in [3.05, 3.63) is 35.9 Å². The predicted octanol–water partition coefficient (Wildman–Crippen LogP) is 1.54. The SMILES string of the molecule is Cl.Cl.N[C@H]1CCN(C(=O)CN[C@@H]2C[C@H]2c2ccccc2)C1. The molecular weight excluding hydrogens is 309 g/mol. The third-order valence-electron chi connectivity index (χ3n) is 4.11. The summed E-state index contributed by atoms with van der Waals surface area (Å²) in [6, 6.07) is 11.1. The first-order valence-corrected chi connectivity index (χ1v) is 7.05. The van der Waals surface area contributed by atoms with Crippen molar-refractivity contribution in [2.45, 2.75) is 30.8 Å². The molecule has 0 bridgehead atoms. The van der Waals surface area contributed by atoms with Gasteiger partial charge in [0.2, 0.25) is 5.91 Å². The average Bonchev–Trinajstić information content (AvgIpc) is 3.09. The Bertz CT molecular complexity index is 457. The molecule has 2 aliphatic rings. The van der Waals surface area contributed by atoms with Crippen LogP contribution in [0.2, 0.25) is 0 Å². The summed E-state index contributed by atoms with van der Waals surface area (Å²) in [4.78, 5) is 13.8. The lowest BCUT2D eigenvalue weighted by molar-refractivity contribution is -0.129. The number of rotatable bonds is 4. The zero-order chi connectivity index (χ0) is 13.2. The fraction of sp³-hybridized carbons (Fsp3) is 0.533. The van der Waals surface area contributed by atoms with Gasteiger partial charge >= 0.3 is 0 Å². The van der Waals surface area contributed by atoms with Crippen LogP contribution >= 0.6 is 24.8 Å². The molecule has 1 aromatic carbocycles. The minimum atomic E-state index is 0. The Morgan fingerprint density at radius 2 is 2.00 bits per heavy atom. The van der Waals surface area contributed by atoms with Gasteiger partial charge in [-0.1, -0.05) is 30.3 Å². The zero-order valence-corrected chi connectivity index (χ0v) is 13.5. The molecule has 1 aliphatic heterocycles. The lowest BCUT2D eigenvalue weighted by Crippen LogP contribution is -2.39. The van der Waals surface area contributed by atoms with E-state index in [1.165, 1.54) is 5.56 Å². The third kappa shape index (κ3) is 4.58. The van der Waals surface area contributed by atoms with Crippen molar-refractivity contribution in [3.63, 3.8) is 0 Å². The lowest BCUT2D eigenvalue weighted by Gasteiger charge is -2.16. The maximum Gasteiger partial charge on any atom is 0.236 e. The highest BCUT2D eigenvalue weighted by Gasteiger charge is 2.38. The molecule has 0 unspecified atom stereocenters. The Balaban J connectivity index is 0.00000110. The fourth-order valence-electron chi connectivity index (χ4n) is 2.83. The van der Waals surface area contributed by atoms with Crippen molar-refractivity contribution in [2.24, 2.45) is 5.73 Å². The first-order chi connectivity index (χ1) is 9.24. The molecule has 6 heteroatoms. The van der Waals surface area contributed by atoms with Gasteiger partial charge in [-0.05, 0) is 18.4 Å². The molecule has 1 aliphatic carbocycles. The number of nitrogens with one attached hydrogen (secondary N) is 1. The molecule has 21 heavy (non-hydrogen) atoms. The summed E-state index contributed by atoms with van der Waals surface area (Å²) in [5.74, 6) is 0.765. The van der Waals surface area contributed by atoms with Crippen molar-refractivity contribution < 1.29 is 4.79 Å². The summed E-state index contributed by atoms with van der Waals surface area (Å²) in [6.45, 7) is 1.97. The molecule has 1 aromatic rings. The summed E-state index contributed by atoms with van der Waals surface area (Å²) in [5.41, 5.74) is 7.19. The van der Waals surface area contributed by atoms with E-state index in [2.05, 4.69) is 29.6 Å². The summed E-state index contributed by atoms with van der Waals surface area (Å²) in [6.07, 6.45) is 2.07. The van der Waals surface area contributed by atoms with E-state index >= 15 is 0 Å². The number of benzene rings is 1. The van der Waals surface area contributed by atoms with Gasteiger partial charge in [0, 0.05) is 31.1 Å². The van der Waals surface area contributed by atoms with Crippen molar-refractivity contribution in [2.75, 3.05) is 19.6 Å². The van der Waals surface area contributed by atoms with Crippen LogP contribution in [0.15, 0.2) is 30.3 Å². The Kier molecular flexibility index (Phi) is 6.94. The van der Waals surface area contributed by atoms with Gasteiger partial charge in [-0.25, -0.2) is 0 Å². The van der Waals surface area contributed by atoms with E-state index in [4.69, 9.17) is 5.73 Å². The number of carbonyl (C=O) groups is 1. The second-order valence-electron chi connectivity index (χ2n) is 5.63. The van der Waals surface area contributed by atoms with Crippen LogP contribution in [0.3, 0.4) is 0 Å². The maximum absolute atomic E-state index is 12.0. The van der Waals surface area contributed by atoms with Gasteiger partial charge in [0.25, 0.3) is 0 Å². The van der Waals surface area contributed by atoms with Crippen LogP contribution in [0.5, 0.6) is 0 Å². The molecule has 3 atom stereocenters. The van der Waals surface area contributed by atoms with Crippen LogP contribution in [0.4, 0.5) is 0 Å². The van der Waals surface area contributed by atoms with Crippen LogP contribution in [0, 0.1) is 0 Å². The number of halogens is 2. The molecule has 118 valence electrons. The smallest absolute Gasteiger partial charge is 0.236 e. The highest BCUT2D eigenvalue weighted by atomic mass is 35.5. The number of carbonyl (C=O) groups excluding carboxylic acids is 1. The molecule has 2 fully saturated rings. The van der Waals surface area contributed by atoms with Crippen molar-refractivity contribution >= 4 is 30.7 Å². The largest absolute Gasteiger partial charge is 0.340 e. The van der Waals surface area contributed by atoms with E-state index < -0.39 is 0 Å². The first-order valence-electron chi connectivity index (χ1n) is 7.05. The molecule has 1 amide bonds.